The summed E-state index contributed by atoms with van der Waals surface area (Å²) in [6.07, 6.45) is 13.2. The van der Waals surface area contributed by atoms with Crippen molar-refractivity contribution in [2.45, 2.75) is 38.5 Å². The first-order valence-electron chi connectivity index (χ1n) is 11.8. The van der Waals surface area contributed by atoms with Gasteiger partial charge in [0.15, 0.2) is 0 Å². The lowest BCUT2D eigenvalue weighted by Crippen LogP contribution is -2.31. The fraction of sp³-hybridized carbons (Fsp3) is 0.370. The van der Waals surface area contributed by atoms with Crippen LogP contribution >= 0.6 is 0 Å². The van der Waals surface area contributed by atoms with Gasteiger partial charge in [0, 0.05) is 29.9 Å². The quantitative estimate of drug-likeness (QED) is 0.530. The van der Waals surface area contributed by atoms with Crippen LogP contribution in [-0.2, 0) is 6.42 Å². The smallest absolute Gasteiger partial charge is 0.257 e. The maximum Gasteiger partial charge on any atom is 0.257 e. The predicted molar refractivity (Wildman–Crippen MR) is 132 cm³/mol. The number of rotatable bonds is 6. The number of H-pyrrole nitrogens is 2. The van der Waals surface area contributed by atoms with Gasteiger partial charge in [-0.1, -0.05) is 30.2 Å². The number of aliphatic hydroxyl groups is 1. The fourth-order valence-corrected chi connectivity index (χ4v) is 4.91. The molecule has 0 atom stereocenters. The molecular formula is C27H31N3O2. The Morgan fingerprint density at radius 2 is 1.91 bits per heavy atom. The van der Waals surface area contributed by atoms with E-state index in [4.69, 9.17) is 5.11 Å². The molecule has 3 N–H and O–H groups in total. The van der Waals surface area contributed by atoms with Gasteiger partial charge in [-0.25, -0.2) is 0 Å². The number of aromatic amines is 2. The lowest BCUT2D eigenvalue weighted by Gasteiger charge is -2.27. The molecular weight excluding hydrogens is 398 g/mol. The first-order valence-corrected chi connectivity index (χ1v) is 11.8. The number of fused-ring (bicyclic) bond motifs is 2. The highest BCUT2D eigenvalue weighted by Crippen LogP contribution is 2.28. The third kappa shape index (κ3) is 4.50. The number of nitrogens with one attached hydrogen (secondary N) is 2. The van der Waals surface area contributed by atoms with Gasteiger partial charge in [-0.3, -0.25) is 9.69 Å². The molecule has 166 valence electrons. The average molecular weight is 430 g/mol. The highest BCUT2D eigenvalue weighted by Gasteiger charge is 2.16. The van der Waals surface area contributed by atoms with Gasteiger partial charge in [-0.15, -0.1) is 0 Å². The van der Waals surface area contributed by atoms with Crippen molar-refractivity contribution < 1.29 is 5.11 Å². The first kappa shape index (κ1) is 21.0. The predicted octanol–water partition coefficient (Wildman–Crippen LogP) is 4.73. The van der Waals surface area contributed by atoms with E-state index in [0.717, 1.165) is 53.7 Å². The van der Waals surface area contributed by atoms with E-state index in [9.17, 15) is 4.79 Å². The second-order valence-electron chi connectivity index (χ2n) is 9.06. The number of allylic oxidation sites excluding steroid dienone is 1. The van der Waals surface area contributed by atoms with Crippen LogP contribution in [0.3, 0.4) is 0 Å². The zero-order valence-electron chi connectivity index (χ0n) is 18.5. The van der Waals surface area contributed by atoms with E-state index >= 15 is 0 Å². The number of likely N-dealkylation sites (tertiary alicyclic amines) is 1. The summed E-state index contributed by atoms with van der Waals surface area (Å²) in [7, 11) is 0. The lowest BCUT2D eigenvalue weighted by atomic mass is 10.0. The number of aryl methyl sites for hydroxylation is 1. The van der Waals surface area contributed by atoms with Gasteiger partial charge in [0.25, 0.3) is 5.56 Å². The van der Waals surface area contributed by atoms with Crippen molar-refractivity contribution in [2.24, 2.45) is 0 Å². The van der Waals surface area contributed by atoms with E-state index in [0.29, 0.717) is 5.56 Å². The summed E-state index contributed by atoms with van der Waals surface area (Å²) >= 11 is 0. The Morgan fingerprint density at radius 3 is 2.75 bits per heavy atom. The molecule has 2 aliphatic rings. The largest absolute Gasteiger partial charge is 0.396 e. The maximum absolute atomic E-state index is 12.8. The highest BCUT2D eigenvalue weighted by atomic mass is 16.2. The molecule has 1 saturated heterocycles. The van der Waals surface area contributed by atoms with Gasteiger partial charge in [-0.2, -0.15) is 0 Å². The van der Waals surface area contributed by atoms with E-state index < -0.39 is 0 Å². The van der Waals surface area contributed by atoms with Crippen LogP contribution in [0.2, 0.25) is 0 Å². The molecule has 1 fully saturated rings. The summed E-state index contributed by atoms with van der Waals surface area (Å²) < 4.78 is 0. The highest BCUT2D eigenvalue weighted by molar-refractivity contribution is 5.84. The molecule has 32 heavy (non-hydrogen) atoms. The minimum Gasteiger partial charge on any atom is -0.396 e. The molecule has 5 nitrogen and oxygen atoms in total. The third-order valence-corrected chi connectivity index (χ3v) is 6.60. The normalized spacial score (nSPS) is 16.7. The van der Waals surface area contributed by atoms with Gasteiger partial charge in [0.1, 0.15) is 0 Å². The average Bonchev–Trinajstić information content (AvgIpc) is 3.10. The van der Waals surface area contributed by atoms with E-state index in [1.54, 1.807) is 0 Å². The van der Waals surface area contributed by atoms with Gasteiger partial charge >= 0.3 is 0 Å². The topological polar surface area (TPSA) is 72.1 Å². The summed E-state index contributed by atoms with van der Waals surface area (Å²) in [6.45, 7) is 3.60. The number of nitrogens with zero attached hydrogens (tertiary/aromatic N) is 1. The van der Waals surface area contributed by atoms with Gasteiger partial charge in [-0.05, 0) is 86.5 Å². The molecule has 1 aliphatic carbocycles. The van der Waals surface area contributed by atoms with Crippen LogP contribution in [0.15, 0.2) is 46.8 Å². The Kier molecular flexibility index (Phi) is 6.10. The molecule has 1 aromatic carbocycles. The van der Waals surface area contributed by atoms with Crippen molar-refractivity contribution >= 4 is 23.1 Å². The van der Waals surface area contributed by atoms with Crippen LogP contribution in [-0.4, -0.2) is 46.2 Å². The van der Waals surface area contributed by atoms with E-state index in [1.807, 2.05) is 18.2 Å². The summed E-state index contributed by atoms with van der Waals surface area (Å²) in [5.74, 6) is 0. The molecule has 0 saturated carbocycles. The summed E-state index contributed by atoms with van der Waals surface area (Å²) in [4.78, 5) is 21.9. The number of aromatic nitrogens is 2. The summed E-state index contributed by atoms with van der Waals surface area (Å²) in [6, 6.07) is 10.2. The Balaban J connectivity index is 1.46. The fourth-order valence-electron chi connectivity index (χ4n) is 4.91. The molecule has 0 amide bonds. The van der Waals surface area contributed by atoms with E-state index in [1.165, 1.54) is 43.5 Å². The van der Waals surface area contributed by atoms with Crippen LogP contribution < -0.4 is 5.56 Å². The molecule has 0 radical (unpaired) electrons. The second kappa shape index (κ2) is 9.31. The van der Waals surface area contributed by atoms with Crippen LogP contribution in [0.4, 0.5) is 0 Å². The molecule has 5 rings (SSSR count). The molecule has 0 unspecified atom stereocenters. The van der Waals surface area contributed by atoms with Crippen LogP contribution in [0.5, 0.6) is 0 Å². The molecule has 3 aromatic rings. The lowest BCUT2D eigenvalue weighted by molar-refractivity contribution is 0.246. The summed E-state index contributed by atoms with van der Waals surface area (Å²) in [5, 5.41) is 10.1. The van der Waals surface area contributed by atoms with Gasteiger partial charge in [0.2, 0.25) is 0 Å². The molecule has 1 aliphatic heterocycles. The Labute approximate surface area is 188 Å². The third-order valence-electron chi connectivity index (χ3n) is 6.60. The van der Waals surface area contributed by atoms with Gasteiger partial charge < -0.3 is 15.1 Å². The minimum atomic E-state index is -0.0847. The van der Waals surface area contributed by atoms with Crippen LogP contribution in [0.25, 0.3) is 34.3 Å². The Morgan fingerprint density at radius 1 is 1.03 bits per heavy atom. The maximum atomic E-state index is 12.8. The molecule has 2 aromatic heterocycles. The second-order valence-corrected chi connectivity index (χ2v) is 9.06. The number of aliphatic hydroxyl groups excluding tert-OH is 1. The zero-order chi connectivity index (χ0) is 21.9. The SMILES string of the molecule is O=c1[nH]c2ccc(CCCO)cc2cc1-c1cc2c([nH]1)C=CCC(CN1CCCCC1)=C2. The van der Waals surface area contributed by atoms with E-state index in [-0.39, 0.29) is 12.2 Å². The van der Waals surface area contributed by atoms with Crippen LogP contribution in [0, 0.1) is 0 Å². The van der Waals surface area contributed by atoms with Crippen molar-refractivity contribution in [3.63, 3.8) is 0 Å². The zero-order valence-corrected chi connectivity index (χ0v) is 18.5. The number of pyridine rings is 1. The van der Waals surface area contributed by atoms with Crippen molar-refractivity contribution in [3.05, 3.63) is 69.2 Å². The minimum absolute atomic E-state index is 0.0847. The molecule has 0 bridgehead atoms. The van der Waals surface area contributed by atoms with Crippen LogP contribution in [0.1, 0.15) is 48.9 Å². The number of hydrogen-bond donors (Lipinski definition) is 3. The Hall–Kier alpha value is -2.89. The van der Waals surface area contributed by atoms with Crippen molar-refractivity contribution in [1.82, 2.24) is 14.9 Å². The van der Waals surface area contributed by atoms with Gasteiger partial charge in [0.05, 0.1) is 11.3 Å². The molecule has 5 heteroatoms. The number of piperidine rings is 1. The standard InChI is InChI=1S/C27H31N3O2/c31-13-5-7-19-9-10-25-21(14-19)16-23(27(32)29-25)26-17-22-15-20(6-4-8-24(22)28-26)18-30-11-2-1-3-12-30/h4,8-10,14-17,28,31H,1-3,5-7,11-13,18H2,(H,29,32). The van der Waals surface area contributed by atoms with Crippen molar-refractivity contribution in [2.75, 3.05) is 26.2 Å². The number of benzene rings is 1. The molecule has 3 heterocycles. The van der Waals surface area contributed by atoms with Crippen molar-refractivity contribution in [3.8, 4) is 11.3 Å². The Bertz CT molecular complexity index is 1230. The monoisotopic (exact) mass is 429 g/mol. The summed E-state index contributed by atoms with van der Waals surface area (Å²) in [5.41, 5.74) is 7.06. The van der Waals surface area contributed by atoms with Crippen molar-refractivity contribution in [1.29, 1.82) is 0 Å². The first-order chi connectivity index (χ1) is 15.7. The van der Waals surface area contributed by atoms with E-state index in [2.05, 4.69) is 45.2 Å². The molecule has 0 spiro atoms. The number of hydrogen-bond acceptors (Lipinski definition) is 3.